The molecular weight excluding hydrogens is 524 g/mol. The van der Waals surface area contributed by atoms with Gasteiger partial charge in [0.1, 0.15) is 5.02 Å². The van der Waals surface area contributed by atoms with Gasteiger partial charge in [0.25, 0.3) is 11.6 Å². The van der Waals surface area contributed by atoms with E-state index in [9.17, 15) is 19.7 Å². The van der Waals surface area contributed by atoms with E-state index in [2.05, 4.69) is 15.4 Å². The smallest absolute Gasteiger partial charge is 0.347 e. The normalized spacial score (nSPS) is 14.4. The van der Waals surface area contributed by atoms with Crippen LogP contribution in [0.3, 0.4) is 0 Å². The minimum absolute atomic E-state index is 0.0149. The summed E-state index contributed by atoms with van der Waals surface area (Å²) in [6, 6.07) is 6.21. The number of nitrogens with one attached hydrogen (secondary N) is 1. The van der Waals surface area contributed by atoms with Crippen LogP contribution < -0.4 is 0 Å². The molecule has 1 aromatic carbocycles. The Morgan fingerprint density at radius 3 is 2.78 bits per heavy atom. The number of esters is 1. The van der Waals surface area contributed by atoms with Crippen molar-refractivity contribution in [2.24, 2.45) is 5.16 Å². The van der Waals surface area contributed by atoms with Crippen LogP contribution in [-0.2, 0) is 19.2 Å². The number of rotatable bonds is 9. The van der Waals surface area contributed by atoms with Crippen molar-refractivity contribution in [3.63, 3.8) is 0 Å². The highest BCUT2D eigenvalue weighted by Gasteiger charge is 2.30. The molecule has 37 heavy (non-hydrogen) atoms. The number of oxime groups is 1. The fourth-order valence-electron chi connectivity index (χ4n) is 3.84. The lowest BCUT2D eigenvalue weighted by molar-refractivity contribution is -0.384. The van der Waals surface area contributed by atoms with E-state index in [0.717, 1.165) is 5.01 Å². The van der Waals surface area contributed by atoms with Gasteiger partial charge in [-0.1, -0.05) is 22.8 Å². The molecule has 0 unspecified atom stereocenters. The molecule has 194 valence electrons. The summed E-state index contributed by atoms with van der Waals surface area (Å²) in [5.74, 6) is -0.794. The number of aromatic amines is 1. The fraction of sp³-hybridized carbons (Fsp3) is 0.348. The van der Waals surface area contributed by atoms with Crippen LogP contribution in [0.15, 0.2) is 41.0 Å². The quantitative estimate of drug-likeness (QED) is 0.184. The van der Waals surface area contributed by atoms with E-state index in [1.807, 2.05) is 5.38 Å². The number of nitro groups is 1. The third-order valence-corrected chi connectivity index (χ3v) is 7.02. The van der Waals surface area contributed by atoms with Gasteiger partial charge in [-0.15, -0.1) is 11.3 Å². The highest BCUT2D eigenvalue weighted by molar-refractivity contribution is 7.10. The summed E-state index contributed by atoms with van der Waals surface area (Å²) < 4.78 is 4.81. The van der Waals surface area contributed by atoms with Gasteiger partial charge in [0.2, 0.25) is 6.61 Å². The zero-order chi connectivity index (χ0) is 26.4. The van der Waals surface area contributed by atoms with Crippen molar-refractivity contribution in [1.82, 2.24) is 20.1 Å². The highest BCUT2D eigenvalue weighted by atomic mass is 35.5. The van der Waals surface area contributed by atoms with Crippen molar-refractivity contribution in [3.8, 4) is 11.3 Å². The number of ether oxygens (including phenoxy) is 1. The lowest BCUT2D eigenvalue weighted by Crippen LogP contribution is -2.42. The summed E-state index contributed by atoms with van der Waals surface area (Å²) in [6.07, 6.45) is 2.85. The molecule has 1 amide bonds. The average Bonchev–Trinajstić information content (AvgIpc) is 3.60. The molecule has 0 spiro atoms. The lowest BCUT2D eigenvalue weighted by Gasteiger charge is -2.31. The predicted molar refractivity (Wildman–Crippen MR) is 135 cm³/mol. The summed E-state index contributed by atoms with van der Waals surface area (Å²) in [6.45, 7) is 2.42. The van der Waals surface area contributed by atoms with Crippen molar-refractivity contribution in [2.75, 3.05) is 26.3 Å². The van der Waals surface area contributed by atoms with Crippen molar-refractivity contribution < 1.29 is 24.1 Å². The Morgan fingerprint density at radius 2 is 2.11 bits per heavy atom. The Morgan fingerprint density at radius 1 is 1.32 bits per heavy atom. The number of hydrogen-bond donors (Lipinski definition) is 1. The maximum atomic E-state index is 13.2. The van der Waals surface area contributed by atoms with Gasteiger partial charge >= 0.3 is 5.97 Å². The number of thiazole rings is 1. The molecule has 0 atom stereocenters. The van der Waals surface area contributed by atoms with Gasteiger partial charge in [0, 0.05) is 42.2 Å². The molecule has 0 saturated carbocycles. The summed E-state index contributed by atoms with van der Waals surface area (Å²) in [5.41, 5.74) is 1.49. The monoisotopic (exact) mass is 546 g/mol. The third-order valence-electron chi connectivity index (χ3n) is 5.69. The van der Waals surface area contributed by atoms with Crippen molar-refractivity contribution in [3.05, 3.63) is 61.7 Å². The molecule has 1 N–H and O–H groups in total. The predicted octanol–water partition coefficient (Wildman–Crippen LogP) is 3.78. The van der Waals surface area contributed by atoms with Crippen LogP contribution in [0, 0.1) is 10.1 Å². The SMILES string of the molecule is CCOC(=O)CON=C(C(=O)N1CCC(c2nc(-c3ccc(Cl)c([N+](=O)[O-])c3)cs2)CC1)c1ccn[nH]1. The van der Waals surface area contributed by atoms with Gasteiger partial charge in [-0.3, -0.25) is 20.0 Å². The van der Waals surface area contributed by atoms with Gasteiger partial charge in [0.05, 0.1) is 27.9 Å². The van der Waals surface area contributed by atoms with Crippen LogP contribution in [0.1, 0.15) is 36.4 Å². The standard InChI is InChI=1S/C23H23ClN6O6S/c1-2-35-20(31)12-36-28-21(17-5-8-25-27-17)23(32)29-9-6-14(7-10-29)22-26-18(13-37-22)15-3-4-16(24)19(11-15)30(33)34/h3-5,8,11,13-14H,2,6-7,9-10,12H2,1H3,(H,25,27). The second kappa shape index (κ2) is 11.9. The molecule has 0 aliphatic carbocycles. The minimum atomic E-state index is -0.584. The topological polar surface area (TPSA) is 153 Å². The molecule has 1 aliphatic rings. The van der Waals surface area contributed by atoms with E-state index < -0.39 is 17.5 Å². The number of nitrogens with zero attached hydrogens (tertiary/aromatic N) is 5. The largest absolute Gasteiger partial charge is 0.463 e. The first-order valence-electron chi connectivity index (χ1n) is 11.4. The molecule has 1 aliphatic heterocycles. The van der Waals surface area contributed by atoms with Crippen molar-refractivity contribution in [1.29, 1.82) is 0 Å². The molecule has 1 fully saturated rings. The molecule has 3 aromatic rings. The first-order valence-corrected chi connectivity index (χ1v) is 12.7. The molecule has 1 saturated heterocycles. The average molecular weight is 547 g/mol. The van der Waals surface area contributed by atoms with Crippen LogP contribution in [0.2, 0.25) is 5.02 Å². The first kappa shape index (κ1) is 26.2. The maximum absolute atomic E-state index is 13.2. The van der Waals surface area contributed by atoms with E-state index in [4.69, 9.17) is 26.2 Å². The van der Waals surface area contributed by atoms with Crippen LogP contribution >= 0.6 is 22.9 Å². The summed E-state index contributed by atoms with van der Waals surface area (Å²) in [7, 11) is 0. The Labute approximate surface area is 220 Å². The minimum Gasteiger partial charge on any atom is -0.463 e. The third kappa shape index (κ3) is 6.30. The van der Waals surface area contributed by atoms with Gasteiger partial charge in [-0.2, -0.15) is 5.10 Å². The van der Waals surface area contributed by atoms with Crippen LogP contribution in [0.4, 0.5) is 5.69 Å². The number of amides is 1. The van der Waals surface area contributed by atoms with Gasteiger partial charge < -0.3 is 14.5 Å². The number of piperidine rings is 1. The molecule has 3 heterocycles. The number of nitro benzene ring substituents is 1. The molecule has 0 radical (unpaired) electrons. The molecule has 12 nitrogen and oxygen atoms in total. The number of aromatic nitrogens is 3. The molecule has 2 aromatic heterocycles. The molecular formula is C23H23ClN6O6S. The van der Waals surface area contributed by atoms with E-state index in [-0.39, 0.29) is 34.9 Å². The van der Waals surface area contributed by atoms with E-state index in [1.54, 1.807) is 24.0 Å². The Bertz CT molecular complexity index is 1300. The van der Waals surface area contributed by atoms with E-state index in [1.165, 1.54) is 29.7 Å². The zero-order valence-electron chi connectivity index (χ0n) is 19.8. The van der Waals surface area contributed by atoms with E-state index in [0.29, 0.717) is 42.9 Å². The Balaban J connectivity index is 1.41. The first-order chi connectivity index (χ1) is 17.9. The number of halogens is 1. The number of hydrogen-bond acceptors (Lipinski definition) is 10. The number of carbonyl (C=O) groups excluding carboxylic acids is 2. The summed E-state index contributed by atoms with van der Waals surface area (Å²) in [4.78, 5) is 46.9. The fourth-order valence-corrected chi connectivity index (χ4v) is 5.03. The number of H-pyrrole nitrogens is 1. The Hall–Kier alpha value is -3.84. The van der Waals surface area contributed by atoms with Gasteiger partial charge in [0.15, 0.2) is 5.71 Å². The van der Waals surface area contributed by atoms with Crippen molar-refractivity contribution >= 4 is 46.2 Å². The number of likely N-dealkylation sites (tertiary alicyclic amines) is 1. The summed E-state index contributed by atoms with van der Waals surface area (Å²) in [5, 5.41) is 24.5. The molecule has 4 rings (SSSR count). The van der Waals surface area contributed by atoms with Gasteiger partial charge in [-0.25, -0.2) is 9.78 Å². The zero-order valence-corrected chi connectivity index (χ0v) is 21.3. The summed E-state index contributed by atoms with van der Waals surface area (Å²) >= 11 is 7.40. The maximum Gasteiger partial charge on any atom is 0.347 e. The second-order valence-corrected chi connectivity index (χ2v) is 9.35. The van der Waals surface area contributed by atoms with Crippen molar-refractivity contribution in [2.45, 2.75) is 25.7 Å². The Kier molecular flexibility index (Phi) is 8.46. The lowest BCUT2D eigenvalue weighted by atomic mass is 9.97. The molecule has 0 bridgehead atoms. The van der Waals surface area contributed by atoms with E-state index >= 15 is 0 Å². The van der Waals surface area contributed by atoms with Crippen LogP contribution in [0.25, 0.3) is 11.3 Å². The highest BCUT2D eigenvalue weighted by Crippen LogP contribution is 2.35. The second-order valence-electron chi connectivity index (χ2n) is 8.05. The molecule has 14 heteroatoms. The van der Waals surface area contributed by atoms with Crippen LogP contribution in [0.5, 0.6) is 0 Å². The van der Waals surface area contributed by atoms with Gasteiger partial charge in [-0.05, 0) is 31.9 Å². The number of benzene rings is 1. The number of carbonyl (C=O) groups is 2. The van der Waals surface area contributed by atoms with Crippen LogP contribution in [-0.4, -0.2) is 68.9 Å².